The lowest BCUT2D eigenvalue weighted by Gasteiger charge is -2.20. The minimum absolute atomic E-state index is 0.111. The molecule has 2 heterocycles. The highest BCUT2D eigenvalue weighted by molar-refractivity contribution is 7.90. The van der Waals surface area contributed by atoms with Gasteiger partial charge in [0.05, 0.1) is 4.90 Å². The molecule has 1 amide bonds. The van der Waals surface area contributed by atoms with Crippen molar-refractivity contribution in [2.75, 3.05) is 13.1 Å². The van der Waals surface area contributed by atoms with Gasteiger partial charge in [-0.3, -0.25) is 14.5 Å². The van der Waals surface area contributed by atoms with Gasteiger partial charge in [0.25, 0.3) is 10.0 Å². The van der Waals surface area contributed by atoms with Crippen molar-refractivity contribution in [2.24, 2.45) is 4.99 Å². The van der Waals surface area contributed by atoms with E-state index in [9.17, 15) is 18.0 Å². The Balaban J connectivity index is 1.79. The summed E-state index contributed by atoms with van der Waals surface area (Å²) < 4.78 is 26.2. The smallest absolute Gasteiger partial charge is 0.326 e. The molecule has 1 saturated heterocycles. The summed E-state index contributed by atoms with van der Waals surface area (Å²) in [5.41, 5.74) is 0.413. The van der Waals surface area contributed by atoms with Crippen LogP contribution in [0.2, 0.25) is 0 Å². The van der Waals surface area contributed by atoms with Crippen LogP contribution in [0.15, 0.2) is 34.2 Å². The number of carbonyl (C=O) groups is 2. The summed E-state index contributed by atoms with van der Waals surface area (Å²) in [5, 5.41) is 9.09. The molecule has 0 bridgehead atoms. The number of hydrogen-bond donors (Lipinski definition) is 2. The van der Waals surface area contributed by atoms with Gasteiger partial charge in [-0.2, -0.15) is 0 Å². The summed E-state index contributed by atoms with van der Waals surface area (Å²) in [6.45, 7) is 0.0823. The molecule has 0 aromatic heterocycles. The molecule has 2 N–H and O–H groups in total. The Morgan fingerprint density at radius 1 is 1.35 bits per heavy atom. The van der Waals surface area contributed by atoms with Gasteiger partial charge >= 0.3 is 5.97 Å². The van der Waals surface area contributed by atoms with Crippen LogP contribution in [-0.2, 0) is 19.6 Å². The van der Waals surface area contributed by atoms with Crippen molar-refractivity contribution in [2.45, 2.75) is 23.8 Å². The normalized spacial score (nSPS) is 23.6. The molecule has 8 nitrogen and oxygen atoms in total. The quantitative estimate of drug-likeness (QED) is 0.792. The first-order valence-corrected chi connectivity index (χ1v) is 8.57. The molecule has 23 heavy (non-hydrogen) atoms. The molecule has 122 valence electrons. The number of nitrogens with zero attached hydrogens (tertiary/aromatic N) is 2. The summed E-state index contributed by atoms with van der Waals surface area (Å²) in [5.74, 6) is -1.35. The van der Waals surface area contributed by atoms with Crippen LogP contribution < -0.4 is 4.72 Å². The number of likely N-dealkylation sites (tertiary alicyclic amines) is 1. The summed E-state index contributed by atoms with van der Waals surface area (Å²) in [6.07, 6.45) is 1.06. The molecule has 3 rings (SSSR count). The van der Waals surface area contributed by atoms with Gasteiger partial charge in [-0.25, -0.2) is 13.2 Å². The lowest BCUT2D eigenvalue weighted by atomic mass is 10.2. The summed E-state index contributed by atoms with van der Waals surface area (Å²) >= 11 is 0. The van der Waals surface area contributed by atoms with Gasteiger partial charge in [-0.1, -0.05) is 12.1 Å². The van der Waals surface area contributed by atoms with Crippen LogP contribution in [0.3, 0.4) is 0 Å². The molecule has 2 aliphatic heterocycles. The van der Waals surface area contributed by atoms with Gasteiger partial charge in [0.1, 0.15) is 18.4 Å². The average Bonchev–Trinajstić information content (AvgIpc) is 3.09. The van der Waals surface area contributed by atoms with Gasteiger partial charge in [-0.05, 0) is 25.0 Å². The fourth-order valence-electron chi connectivity index (χ4n) is 2.81. The number of sulfonamides is 1. The number of amides is 1. The molecule has 0 unspecified atom stereocenters. The molecule has 1 fully saturated rings. The molecule has 0 aliphatic carbocycles. The molecule has 1 aromatic rings. The van der Waals surface area contributed by atoms with Crippen LogP contribution in [0.5, 0.6) is 0 Å². The summed E-state index contributed by atoms with van der Waals surface area (Å²) in [6, 6.07) is 5.53. The standard InChI is InChI=1S/C14H15N3O5S/c18-12(17-7-3-5-10(17)14(19)20)8-15-13-9-4-1-2-6-11(9)23(21,22)16-13/h1-2,4,6,10H,3,5,7-8H2,(H,15,16)(H,19,20)/t10-/m0/s1. The van der Waals surface area contributed by atoms with Crippen molar-refractivity contribution in [3.8, 4) is 0 Å². The fourth-order valence-corrected chi connectivity index (χ4v) is 4.06. The first-order valence-electron chi connectivity index (χ1n) is 7.09. The molecular formula is C14H15N3O5S. The fraction of sp³-hybridized carbons (Fsp3) is 0.357. The van der Waals surface area contributed by atoms with E-state index in [1.807, 2.05) is 0 Å². The third kappa shape index (κ3) is 2.79. The number of rotatable bonds is 3. The van der Waals surface area contributed by atoms with Crippen molar-refractivity contribution >= 4 is 27.7 Å². The zero-order valence-corrected chi connectivity index (χ0v) is 12.9. The number of nitrogens with one attached hydrogen (secondary N) is 1. The van der Waals surface area contributed by atoms with E-state index in [0.717, 1.165) is 0 Å². The molecule has 0 radical (unpaired) electrons. The zero-order chi connectivity index (χ0) is 16.6. The lowest BCUT2D eigenvalue weighted by Crippen LogP contribution is -2.41. The van der Waals surface area contributed by atoms with Crippen LogP contribution in [0.25, 0.3) is 0 Å². The van der Waals surface area contributed by atoms with E-state index in [-0.39, 0.29) is 17.3 Å². The highest BCUT2D eigenvalue weighted by Gasteiger charge is 2.34. The third-order valence-electron chi connectivity index (χ3n) is 3.89. The third-order valence-corrected chi connectivity index (χ3v) is 5.29. The van der Waals surface area contributed by atoms with E-state index in [2.05, 4.69) is 9.71 Å². The monoisotopic (exact) mass is 337 g/mol. The van der Waals surface area contributed by atoms with Crippen molar-refractivity contribution in [3.05, 3.63) is 29.8 Å². The number of fused-ring (bicyclic) bond motifs is 1. The van der Waals surface area contributed by atoms with Crippen molar-refractivity contribution in [1.29, 1.82) is 0 Å². The molecular weight excluding hydrogens is 322 g/mol. The van der Waals surface area contributed by atoms with Crippen LogP contribution >= 0.6 is 0 Å². The Morgan fingerprint density at radius 2 is 2.09 bits per heavy atom. The molecule has 1 aromatic carbocycles. The van der Waals surface area contributed by atoms with Gasteiger partial charge in [0.15, 0.2) is 0 Å². The van der Waals surface area contributed by atoms with Crippen LogP contribution in [-0.4, -0.2) is 55.3 Å². The Kier molecular flexibility index (Phi) is 3.80. The Morgan fingerprint density at radius 3 is 2.83 bits per heavy atom. The van der Waals surface area contributed by atoms with Crippen molar-refractivity contribution in [1.82, 2.24) is 9.62 Å². The number of carboxylic acids is 1. The minimum Gasteiger partial charge on any atom is -0.480 e. The van der Waals surface area contributed by atoms with Gasteiger partial charge in [0, 0.05) is 12.1 Å². The maximum absolute atomic E-state index is 12.2. The summed E-state index contributed by atoms with van der Waals surface area (Å²) in [7, 11) is -3.65. The maximum Gasteiger partial charge on any atom is 0.326 e. The van der Waals surface area contributed by atoms with E-state index >= 15 is 0 Å². The van der Waals surface area contributed by atoms with E-state index in [1.54, 1.807) is 18.2 Å². The second-order valence-electron chi connectivity index (χ2n) is 5.35. The largest absolute Gasteiger partial charge is 0.480 e. The van der Waals surface area contributed by atoms with E-state index < -0.39 is 27.9 Å². The molecule has 9 heteroatoms. The zero-order valence-electron chi connectivity index (χ0n) is 12.1. The predicted molar refractivity (Wildman–Crippen MR) is 80.5 cm³/mol. The van der Waals surface area contributed by atoms with E-state index in [4.69, 9.17) is 5.11 Å². The SMILES string of the molecule is O=C(O)[C@@H]1CCCN1C(=O)CN=C1NS(=O)(=O)c2ccccc21. The van der Waals surface area contributed by atoms with Gasteiger partial charge in [-0.15, -0.1) is 0 Å². The van der Waals surface area contributed by atoms with E-state index in [1.165, 1.54) is 11.0 Å². The minimum atomic E-state index is -3.65. The topological polar surface area (TPSA) is 116 Å². The summed E-state index contributed by atoms with van der Waals surface area (Å²) in [4.78, 5) is 28.7. The first kappa shape index (κ1) is 15.5. The number of aliphatic carboxylic acids is 1. The van der Waals surface area contributed by atoms with Crippen molar-refractivity contribution < 1.29 is 23.1 Å². The van der Waals surface area contributed by atoms with Gasteiger partial charge < -0.3 is 10.0 Å². The second-order valence-corrected chi connectivity index (χ2v) is 7.00. The number of aliphatic imine (C=N–C) groups is 1. The Labute approximate surface area is 132 Å². The van der Waals surface area contributed by atoms with Crippen molar-refractivity contribution in [3.63, 3.8) is 0 Å². The number of benzene rings is 1. The molecule has 1 atom stereocenters. The number of carbonyl (C=O) groups excluding carboxylic acids is 1. The van der Waals surface area contributed by atoms with Crippen LogP contribution in [0, 0.1) is 0 Å². The number of carboxylic acid groups (broad SMARTS) is 1. The van der Waals surface area contributed by atoms with Gasteiger partial charge in [0.2, 0.25) is 5.91 Å². The van der Waals surface area contributed by atoms with E-state index in [0.29, 0.717) is 24.9 Å². The predicted octanol–water partition coefficient (Wildman–Crippen LogP) is -0.199. The average molecular weight is 337 g/mol. The first-order chi connectivity index (χ1) is 10.9. The number of amidine groups is 1. The molecule has 0 saturated carbocycles. The Hall–Kier alpha value is -2.42. The second kappa shape index (κ2) is 5.65. The highest BCUT2D eigenvalue weighted by atomic mass is 32.2. The Bertz CT molecular complexity index is 802. The lowest BCUT2D eigenvalue weighted by molar-refractivity contribution is -0.147. The molecule has 0 spiro atoms. The van der Waals surface area contributed by atoms with Crippen LogP contribution in [0.1, 0.15) is 18.4 Å². The number of hydrogen-bond acceptors (Lipinski definition) is 5. The maximum atomic E-state index is 12.2. The van der Waals surface area contributed by atoms with Crippen LogP contribution in [0.4, 0.5) is 0 Å². The highest BCUT2D eigenvalue weighted by Crippen LogP contribution is 2.22. The molecule has 2 aliphatic rings.